The lowest BCUT2D eigenvalue weighted by atomic mass is 9.35. The molecule has 2 aromatic carbocycles. The highest BCUT2D eigenvalue weighted by molar-refractivity contribution is 6.42. The summed E-state index contributed by atoms with van der Waals surface area (Å²) < 4.78 is 25.8. The number of methoxy groups -OCH3 is 2. The van der Waals surface area contributed by atoms with E-state index < -0.39 is 5.60 Å². The smallest absolute Gasteiger partial charge is 0.165 e. The van der Waals surface area contributed by atoms with E-state index in [1.807, 2.05) is 25.3 Å². The normalized spacial score (nSPS) is 37.5. The van der Waals surface area contributed by atoms with Gasteiger partial charge >= 0.3 is 0 Å². The molecule has 0 aromatic heterocycles. The number of halogens is 2. The molecule has 0 amide bonds. The van der Waals surface area contributed by atoms with Gasteiger partial charge in [0.15, 0.2) is 11.5 Å². The maximum Gasteiger partial charge on any atom is 0.165 e. The summed E-state index contributed by atoms with van der Waals surface area (Å²) in [6.45, 7) is 2.21. The minimum absolute atomic E-state index is 0.0300. The van der Waals surface area contributed by atoms with Crippen molar-refractivity contribution in [1.29, 1.82) is 0 Å². The van der Waals surface area contributed by atoms with Gasteiger partial charge in [-0.15, -0.1) is 0 Å². The number of nitrogens with zero attached hydrogens (tertiary/aromatic N) is 1. The monoisotopic (exact) mass is 529 g/mol. The molecule has 2 heterocycles. The Morgan fingerprint density at radius 2 is 1.94 bits per heavy atom. The van der Waals surface area contributed by atoms with Crippen LogP contribution < -0.4 is 9.47 Å². The van der Waals surface area contributed by atoms with Crippen molar-refractivity contribution in [2.24, 2.45) is 11.3 Å². The van der Waals surface area contributed by atoms with Gasteiger partial charge in [-0.1, -0.05) is 35.3 Å². The molecule has 2 aromatic rings. The number of fused-ring (bicyclic) bond motifs is 2. The van der Waals surface area contributed by atoms with Crippen LogP contribution in [0.15, 0.2) is 30.3 Å². The largest absolute Gasteiger partial charge is 0.493 e. The summed E-state index contributed by atoms with van der Waals surface area (Å²) in [5, 5.41) is 1.12. The van der Waals surface area contributed by atoms with E-state index in [2.05, 4.69) is 24.1 Å². The SMILES string of the molecule is COc1ccc2c3c1OC1C4(OC)CCC5(CC4COCc4ccc(Cl)c(Cl)c4)C(C2)N(C)CCC315. The van der Waals surface area contributed by atoms with Gasteiger partial charge in [0, 0.05) is 35.5 Å². The molecule has 3 saturated carbocycles. The Morgan fingerprint density at radius 1 is 1.08 bits per heavy atom. The third-order valence-electron chi connectivity index (χ3n) is 10.5. The maximum atomic E-state index is 7.03. The molecule has 5 nitrogen and oxygen atoms in total. The number of likely N-dealkylation sites (N-methyl/N-ethyl adjacent to an activating group) is 1. The highest BCUT2D eigenvalue weighted by Gasteiger charge is 2.80. The summed E-state index contributed by atoms with van der Waals surface area (Å²) in [5.74, 6) is 2.06. The van der Waals surface area contributed by atoms with E-state index in [0.717, 1.165) is 55.7 Å². The highest BCUT2D eigenvalue weighted by Crippen LogP contribution is 2.76. The fourth-order valence-corrected chi connectivity index (χ4v) is 9.44. The van der Waals surface area contributed by atoms with Gasteiger partial charge in [0.2, 0.25) is 0 Å². The molecule has 6 atom stereocenters. The molecule has 4 bridgehead atoms. The van der Waals surface area contributed by atoms with Crippen LogP contribution in [0.4, 0.5) is 0 Å². The van der Waals surface area contributed by atoms with E-state index >= 15 is 0 Å². The third-order valence-corrected chi connectivity index (χ3v) is 11.3. The van der Waals surface area contributed by atoms with Crippen LogP contribution in [0, 0.1) is 11.3 Å². The summed E-state index contributed by atoms with van der Waals surface area (Å²) in [6, 6.07) is 10.6. The van der Waals surface area contributed by atoms with Gasteiger partial charge in [-0.25, -0.2) is 0 Å². The van der Waals surface area contributed by atoms with Gasteiger partial charge in [-0.05, 0) is 75.0 Å². The predicted octanol–water partition coefficient (Wildman–Crippen LogP) is 5.66. The van der Waals surface area contributed by atoms with Crippen molar-refractivity contribution in [2.75, 3.05) is 34.4 Å². The van der Waals surface area contributed by atoms with Crippen LogP contribution in [-0.4, -0.2) is 57.1 Å². The van der Waals surface area contributed by atoms with Crippen molar-refractivity contribution in [3.63, 3.8) is 0 Å². The molecule has 6 aliphatic rings. The number of benzene rings is 2. The van der Waals surface area contributed by atoms with Crippen molar-refractivity contribution in [3.05, 3.63) is 57.1 Å². The van der Waals surface area contributed by atoms with Crippen LogP contribution in [0.1, 0.15) is 42.4 Å². The average molecular weight is 530 g/mol. The quantitative estimate of drug-likeness (QED) is 0.482. The molecule has 6 unspecified atom stereocenters. The van der Waals surface area contributed by atoms with Crippen LogP contribution in [-0.2, 0) is 27.9 Å². The van der Waals surface area contributed by atoms with Gasteiger partial charge in [-0.2, -0.15) is 0 Å². The topological polar surface area (TPSA) is 40.2 Å². The summed E-state index contributed by atoms with van der Waals surface area (Å²) in [6.07, 6.45) is 5.38. The van der Waals surface area contributed by atoms with E-state index in [0.29, 0.717) is 29.3 Å². The van der Waals surface area contributed by atoms with Gasteiger partial charge in [0.1, 0.15) is 11.7 Å². The third kappa shape index (κ3) is 2.74. The lowest BCUT2D eigenvalue weighted by Gasteiger charge is -2.73. The van der Waals surface area contributed by atoms with E-state index in [4.69, 9.17) is 42.1 Å². The number of likely N-dealkylation sites (tertiary alicyclic amines) is 1. The zero-order valence-corrected chi connectivity index (χ0v) is 22.6. The van der Waals surface area contributed by atoms with E-state index in [1.54, 1.807) is 7.11 Å². The van der Waals surface area contributed by atoms with Gasteiger partial charge in [0.05, 0.1) is 30.4 Å². The van der Waals surface area contributed by atoms with E-state index in [9.17, 15) is 0 Å². The molecule has 7 heteroatoms. The van der Waals surface area contributed by atoms with Crippen molar-refractivity contribution in [3.8, 4) is 11.5 Å². The molecule has 0 radical (unpaired) electrons. The van der Waals surface area contributed by atoms with Gasteiger partial charge in [-0.3, -0.25) is 0 Å². The number of hydrogen-bond acceptors (Lipinski definition) is 5. The van der Waals surface area contributed by atoms with Gasteiger partial charge in [0.25, 0.3) is 0 Å². The van der Waals surface area contributed by atoms with E-state index in [1.165, 1.54) is 11.1 Å². The van der Waals surface area contributed by atoms with Crippen LogP contribution in [0.3, 0.4) is 0 Å². The first kappa shape index (κ1) is 23.6. The first-order valence-corrected chi connectivity index (χ1v) is 13.8. The fraction of sp³-hybridized carbons (Fsp3) is 0.586. The van der Waals surface area contributed by atoms with Crippen molar-refractivity contribution in [2.45, 2.75) is 61.9 Å². The number of rotatable bonds is 6. The summed E-state index contributed by atoms with van der Waals surface area (Å²) in [4.78, 5) is 2.62. The second kappa shape index (κ2) is 8.00. The Kier molecular flexibility index (Phi) is 5.25. The molecular formula is C29H33Cl2NO4. The zero-order chi connectivity index (χ0) is 24.9. The number of hydrogen-bond donors (Lipinski definition) is 0. The predicted molar refractivity (Wildman–Crippen MR) is 139 cm³/mol. The Hall–Kier alpha value is -1.50. The molecule has 2 aliphatic heterocycles. The minimum Gasteiger partial charge on any atom is -0.493 e. The molecular weight excluding hydrogens is 497 g/mol. The average Bonchev–Trinajstić information content (AvgIpc) is 3.25. The fourth-order valence-electron chi connectivity index (χ4n) is 9.12. The van der Waals surface area contributed by atoms with Crippen LogP contribution in [0.2, 0.25) is 10.0 Å². The Balaban J connectivity index is 1.29. The number of piperidine rings is 1. The molecule has 8 rings (SSSR count). The van der Waals surface area contributed by atoms with Gasteiger partial charge < -0.3 is 23.8 Å². The van der Waals surface area contributed by atoms with Crippen LogP contribution >= 0.6 is 23.2 Å². The lowest BCUT2D eigenvalue weighted by molar-refractivity contribution is -0.282. The van der Waals surface area contributed by atoms with Crippen molar-refractivity contribution >= 4 is 23.2 Å². The lowest BCUT2D eigenvalue weighted by Crippen LogP contribution is -2.81. The summed E-state index contributed by atoms with van der Waals surface area (Å²) >= 11 is 12.3. The van der Waals surface area contributed by atoms with Crippen LogP contribution in [0.25, 0.3) is 0 Å². The Labute approximate surface area is 222 Å². The molecule has 4 fully saturated rings. The molecule has 1 saturated heterocycles. The minimum atomic E-state index is -0.390. The Morgan fingerprint density at radius 3 is 2.72 bits per heavy atom. The molecule has 192 valence electrons. The molecule has 4 aliphatic carbocycles. The second-order valence-corrected chi connectivity index (χ2v) is 12.3. The first-order chi connectivity index (χ1) is 17.4. The Bertz CT molecular complexity index is 1240. The van der Waals surface area contributed by atoms with Crippen LogP contribution in [0.5, 0.6) is 11.5 Å². The molecule has 0 N–H and O–H groups in total. The standard InChI is InChI=1S/C29H33Cl2NO4/c1-32-11-10-28-24-18-5-7-22(33-2)25(24)36-26(28)29(34-3)9-8-27(28,23(32)13-18)14-19(29)16-35-15-17-4-6-20(30)21(31)12-17/h4-7,12,19,23,26H,8-11,13-16H2,1-3H3. The second-order valence-electron chi connectivity index (χ2n) is 11.5. The molecule has 2 spiro atoms. The highest BCUT2D eigenvalue weighted by atomic mass is 35.5. The molecule has 36 heavy (non-hydrogen) atoms. The van der Waals surface area contributed by atoms with Crippen molar-refractivity contribution in [1.82, 2.24) is 4.90 Å². The van der Waals surface area contributed by atoms with Crippen molar-refractivity contribution < 1.29 is 18.9 Å². The van der Waals surface area contributed by atoms with E-state index in [-0.39, 0.29) is 22.9 Å². The summed E-state index contributed by atoms with van der Waals surface area (Å²) in [7, 11) is 5.94. The zero-order valence-electron chi connectivity index (χ0n) is 21.1. The number of ether oxygens (including phenoxy) is 4. The first-order valence-electron chi connectivity index (χ1n) is 13.0. The summed E-state index contributed by atoms with van der Waals surface area (Å²) in [5.41, 5.74) is 3.61. The maximum absolute atomic E-state index is 7.03.